The van der Waals surface area contributed by atoms with Gasteiger partial charge in [-0.25, -0.2) is 0 Å². The van der Waals surface area contributed by atoms with Crippen LogP contribution < -0.4 is 16.0 Å². The second kappa shape index (κ2) is 8.99. The van der Waals surface area contributed by atoms with Crippen LogP contribution >= 0.6 is 0 Å². The van der Waals surface area contributed by atoms with Crippen molar-refractivity contribution in [1.29, 1.82) is 0 Å². The molecule has 1 aromatic carbocycles. The molecule has 2 fully saturated rings. The Hall–Kier alpha value is -1.88. The number of benzene rings is 1. The maximum Gasteiger partial charge on any atom is 0.227 e. The topological polar surface area (TPSA) is 70.2 Å². The first kappa shape index (κ1) is 17.9. The van der Waals surface area contributed by atoms with E-state index in [1.807, 2.05) is 24.3 Å². The third kappa shape index (κ3) is 5.56. The van der Waals surface area contributed by atoms with Crippen LogP contribution in [0, 0.1) is 11.8 Å². The van der Waals surface area contributed by atoms with Gasteiger partial charge >= 0.3 is 0 Å². The molecule has 0 unspecified atom stereocenters. The van der Waals surface area contributed by atoms with Gasteiger partial charge in [-0.2, -0.15) is 0 Å². The van der Waals surface area contributed by atoms with Crippen molar-refractivity contribution in [3.8, 4) is 0 Å². The summed E-state index contributed by atoms with van der Waals surface area (Å²) >= 11 is 0. The number of piperidine rings is 1. The minimum Gasteiger partial charge on any atom is -0.326 e. The number of rotatable bonds is 5. The molecule has 25 heavy (non-hydrogen) atoms. The summed E-state index contributed by atoms with van der Waals surface area (Å²) in [5.41, 5.74) is 1.58. The first-order valence-corrected chi connectivity index (χ1v) is 9.62. The summed E-state index contributed by atoms with van der Waals surface area (Å²) in [6, 6.07) is 7.43. The first-order valence-electron chi connectivity index (χ1n) is 9.62. The summed E-state index contributed by atoms with van der Waals surface area (Å²) in [5, 5.41) is 9.22. The highest BCUT2D eigenvalue weighted by Gasteiger charge is 2.21. The summed E-state index contributed by atoms with van der Waals surface area (Å²) in [6.45, 7) is 1.81. The molecule has 136 valence electrons. The number of carbonyl (C=O) groups is 2. The Morgan fingerprint density at radius 3 is 2.12 bits per heavy atom. The molecule has 3 rings (SSSR count). The van der Waals surface area contributed by atoms with Crippen LogP contribution in [0.2, 0.25) is 0 Å². The molecule has 0 aromatic heterocycles. The predicted octanol–water partition coefficient (Wildman–Crippen LogP) is 3.53. The van der Waals surface area contributed by atoms with Crippen molar-refractivity contribution in [3.05, 3.63) is 24.3 Å². The maximum absolute atomic E-state index is 12.2. The lowest BCUT2D eigenvalue weighted by atomic mass is 9.87. The molecule has 2 amide bonds. The first-order chi connectivity index (χ1) is 12.2. The van der Waals surface area contributed by atoms with E-state index in [1.54, 1.807) is 0 Å². The van der Waals surface area contributed by atoms with Gasteiger partial charge in [-0.1, -0.05) is 19.3 Å². The van der Waals surface area contributed by atoms with Crippen LogP contribution in [0.15, 0.2) is 24.3 Å². The fourth-order valence-electron chi connectivity index (χ4n) is 3.83. The maximum atomic E-state index is 12.2. The summed E-state index contributed by atoms with van der Waals surface area (Å²) in [7, 11) is 0. The zero-order chi connectivity index (χ0) is 17.5. The van der Waals surface area contributed by atoms with E-state index >= 15 is 0 Å². The molecule has 1 saturated heterocycles. The average Bonchev–Trinajstić information content (AvgIpc) is 2.65. The summed E-state index contributed by atoms with van der Waals surface area (Å²) < 4.78 is 0. The molecule has 0 atom stereocenters. The van der Waals surface area contributed by atoms with E-state index in [2.05, 4.69) is 16.0 Å². The van der Waals surface area contributed by atoms with E-state index in [0.29, 0.717) is 12.3 Å². The fourth-order valence-corrected chi connectivity index (χ4v) is 3.83. The molecular weight excluding hydrogens is 314 g/mol. The zero-order valence-corrected chi connectivity index (χ0v) is 14.9. The lowest BCUT2D eigenvalue weighted by molar-refractivity contribution is -0.120. The van der Waals surface area contributed by atoms with Crippen LogP contribution in [0.25, 0.3) is 0 Å². The van der Waals surface area contributed by atoms with Gasteiger partial charge in [0.25, 0.3) is 0 Å². The van der Waals surface area contributed by atoms with E-state index in [-0.39, 0.29) is 17.7 Å². The molecule has 1 aromatic rings. The van der Waals surface area contributed by atoms with Crippen LogP contribution in [-0.4, -0.2) is 24.9 Å². The molecular formula is C20H29N3O2. The Labute approximate surface area is 150 Å². The third-order valence-corrected chi connectivity index (χ3v) is 5.34. The highest BCUT2D eigenvalue weighted by molar-refractivity contribution is 5.94. The SMILES string of the molecule is O=C(CC1CCCCC1)Nc1ccc(NC(=O)C2CCNCC2)cc1. The number of hydrogen-bond acceptors (Lipinski definition) is 3. The third-order valence-electron chi connectivity index (χ3n) is 5.34. The molecule has 5 heteroatoms. The lowest BCUT2D eigenvalue weighted by Gasteiger charge is -2.22. The monoisotopic (exact) mass is 343 g/mol. The minimum absolute atomic E-state index is 0.0931. The Morgan fingerprint density at radius 2 is 1.48 bits per heavy atom. The van der Waals surface area contributed by atoms with Crippen LogP contribution in [0.3, 0.4) is 0 Å². The molecule has 3 N–H and O–H groups in total. The molecule has 1 heterocycles. The van der Waals surface area contributed by atoms with Crippen molar-refractivity contribution in [2.24, 2.45) is 11.8 Å². The molecule has 0 radical (unpaired) electrons. The van der Waals surface area contributed by atoms with Crippen molar-refractivity contribution < 1.29 is 9.59 Å². The number of amides is 2. The van der Waals surface area contributed by atoms with Crippen molar-refractivity contribution in [1.82, 2.24) is 5.32 Å². The zero-order valence-electron chi connectivity index (χ0n) is 14.9. The van der Waals surface area contributed by atoms with E-state index in [1.165, 1.54) is 32.1 Å². The summed E-state index contributed by atoms with van der Waals surface area (Å²) in [5.74, 6) is 0.822. The number of anilines is 2. The van der Waals surface area contributed by atoms with Gasteiger partial charge < -0.3 is 16.0 Å². The molecule has 1 saturated carbocycles. The van der Waals surface area contributed by atoms with E-state index in [4.69, 9.17) is 0 Å². The van der Waals surface area contributed by atoms with Crippen LogP contribution in [0.5, 0.6) is 0 Å². The predicted molar refractivity (Wildman–Crippen MR) is 100 cm³/mol. The van der Waals surface area contributed by atoms with Gasteiger partial charge in [0, 0.05) is 23.7 Å². The molecule has 2 aliphatic rings. The second-order valence-electron chi connectivity index (χ2n) is 7.35. The Bertz CT molecular complexity index is 573. The van der Waals surface area contributed by atoms with Gasteiger partial charge in [0.05, 0.1) is 0 Å². The van der Waals surface area contributed by atoms with Crippen molar-refractivity contribution >= 4 is 23.2 Å². The second-order valence-corrected chi connectivity index (χ2v) is 7.35. The van der Waals surface area contributed by atoms with Gasteiger partial charge in [0.1, 0.15) is 0 Å². The lowest BCUT2D eigenvalue weighted by Crippen LogP contribution is -2.34. The minimum atomic E-state index is 0.0931. The quantitative estimate of drug-likeness (QED) is 0.766. The van der Waals surface area contributed by atoms with E-state index in [0.717, 1.165) is 37.3 Å². The van der Waals surface area contributed by atoms with Crippen molar-refractivity contribution in [2.75, 3.05) is 23.7 Å². The van der Waals surface area contributed by atoms with Crippen molar-refractivity contribution in [3.63, 3.8) is 0 Å². The van der Waals surface area contributed by atoms with Gasteiger partial charge in [0.15, 0.2) is 0 Å². The Morgan fingerprint density at radius 1 is 0.880 bits per heavy atom. The Balaban J connectivity index is 1.46. The van der Waals surface area contributed by atoms with Crippen LogP contribution in [0.4, 0.5) is 11.4 Å². The van der Waals surface area contributed by atoms with Gasteiger partial charge in [-0.15, -0.1) is 0 Å². The van der Waals surface area contributed by atoms with Gasteiger partial charge in [0.2, 0.25) is 11.8 Å². The fraction of sp³-hybridized carbons (Fsp3) is 0.600. The average molecular weight is 343 g/mol. The molecule has 0 bridgehead atoms. The highest BCUT2D eigenvalue weighted by atomic mass is 16.2. The number of hydrogen-bond donors (Lipinski definition) is 3. The number of nitrogens with one attached hydrogen (secondary N) is 3. The standard InChI is InChI=1S/C20H29N3O2/c24-19(14-15-4-2-1-3-5-15)22-17-6-8-18(9-7-17)23-20(25)16-10-12-21-13-11-16/h6-9,15-16,21H,1-5,10-14H2,(H,22,24)(H,23,25). The summed E-state index contributed by atoms with van der Waals surface area (Å²) in [6.07, 6.45) is 8.57. The van der Waals surface area contributed by atoms with Gasteiger partial charge in [-0.3, -0.25) is 9.59 Å². The molecule has 1 aliphatic heterocycles. The van der Waals surface area contributed by atoms with Crippen LogP contribution in [-0.2, 0) is 9.59 Å². The normalized spacial score (nSPS) is 19.4. The molecule has 5 nitrogen and oxygen atoms in total. The Kier molecular flexibility index (Phi) is 6.45. The van der Waals surface area contributed by atoms with E-state index < -0.39 is 0 Å². The van der Waals surface area contributed by atoms with Crippen LogP contribution in [0.1, 0.15) is 51.4 Å². The van der Waals surface area contributed by atoms with Gasteiger partial charge in [-0.05, 0) is 69.0 Å². The highest BCUT2D eigenvalue weighted by Crippen LogP contribution is 2.26. The number of carbonyl (C=O) groups excluding carboxylic acids is 2. The largest absolute Gasteiger partial charge is 0.326 e. The smallest absolute Gasteiger partial charge is 0.227 e. The summed E-state index contributed by atoms with van der Waals surface area (Å²) in [4.78, 5) is 24.4. The molecule has 1 aliphatic carbocycles. The van der Waals surface area contributed by atoms with E-state index in [9.17, 15) is 9.59 Å². The molecule has 0 spiro atoms. The van der Waals surface area contributed by atoms with Crippen molar-refractivity contribution in [2.45, 2.75) is 51.4 Å².